The van der Waals surface area contributed by atoms with E-state index in [-0.39, 0.29) is 11.5 Å². The lowest BCUT2D eigenvalue weighted by Crippen LogP contribution is -2.20. The molecule has 102 valence electrons. The van der Waals surface area contributed by atoms with Gasteiger partial charge in [0, 0.05) is 15.8 Å². The maximum atomic E-state index is 6.51. The van der Waals surface area contributed by atoms with Crippen molar-refractivity contribution in [2.24, 2.45) is 11.7 Å². The number of hydrogen-bond acceptors (Lipinski definition) is 2. The van der Waals surface area contributed by atoms with Crippen LogP contribution in [0.5, 0.6) is 0 Å². The molecule has 1 aliphatic rings. The van der Waals surface area contributed by atoms with E-state index in [0.717, 1.165) is 0 Å². The predicted molar refractivity (Wildman–Crippen MR) is 81.1 cm³/mol. The third kappa shape index (κ3) is 3.36. The minimum atomic E-state index is 0.256. The van der Waals surface area contributed by atoms with Gasteiger partial charge < -0.3 is 5.73 Å². The zero-order valence-corrected chi connectivity index (χ0v) is 12.9. The van der Waals surface area contributed by atoms with Crippen molar-refractivity contribution in [2.45, 2.75) is 70.8 Å². The molecule has 0 saturated heterocycles. The smallest absolute Gasteiger partial charge is 0.0418 e. The summed E-state index contributed by atoms with van der Waals surface area (Å²) in [5, 5.41) is 0. The van der Waals surface area contributed by atoms with Crippen molar-refractivity contribution >= 4 is 11.3 Å². The Morgan fingerprint density at radius 2 is 1.72 bits per heavy atom. The van der Waals surface area contributed by atoms with E-state index in [1.54, 1.807) is 0 Å². The summed E-state index contributed by atoms with van der Waals surface area (Å²) in [6.07, 6.45) is 8.20. The van der Waals surface area contributed by atoms with E-state index in [1.807, 2.05) is 11.3 Å². The van der Waals surface area contributed by atoms with Gasteiger partial charge in [0.15, 0.2) is 0 Å². The molecular weight excluding hydrogens is 238 g/mol. The van der Waals surface area contributed by atoms with Gasteiger partial charge in [-0.25, -0.2) is 0 Å². The molecule has 0 aromatic carbocycles. The van der Waals surface area contributed by atoms with Gasteiger partial charge in [-0.3, -0.25) is 0 Å². The van der Waals surface area contributed by atoms with Crippen LogP contribution in [0.25, 0.3) is 0 Å². The van der Waals surface area contributed by atoms with E-state index < -0.39 is 0 Å². The first-order valence-electron chi connectivity index (χ1n) is 7.34. The van der Waals surface area contributed by atoms with Crippen LogP contribution in [0.1, 0.15) is 75.1 Å². The summed E-state index contributed by atoms with van der Waals surface area (Å²) >= 11 is 1.92. The third-order valence-electron chi connectivity index (χ3n) is 4.10. The summed E-state index contributed by atoms with van der Waals surface area (Å²) < 4.78 is 0. The highest BCUT2D eigenvalue weighted by Gasteiger charge is 2.24. The number of hydrogen-bond donors (Lipinski definition) is 1. The van der Waals surface area contributed by atoms with Gasteiger partial charge in [0.05, 0.1) is 0 Å². The van der Waals surface area contributed by atoms with Crippen LogP contribution in [-0.2, 0) is 5.41 Å². The molecule has 0 amide bonds. The molecule has 1 unspecified atom stereocenters. The molecule has 1 fully saturated rings. The third-order valence-corrected chi connectivity index (χ3v) is 5.71. The Balaban J connectivity index is 2.08. The second-order valence-corrected chi connectivity index (χ2v) is 7.84. The minimum Gasteiger partial charge on any atom is -0.323 e. The Morgan fingerprint density at radius 3 is 2.22 bits per heavy atom. The molecule has 0 bridgehead atoms. The van der Waals surface area contributed by atoms with E-state index in [2.05, 4.69) is 32.9 Å². The van der Waals surface area contributed by atoms with Crippen LogP contribution >= 0.6 is 11.3 Å². The van der Waals surface area contributed by atoms with E-state index in [0.29, 0.717) is 5.92 Å². The predicted octanol–water partition coefficient (Wildman–Crippen LogP) is 5.02. The molecule has 0 spiro atoms. The molecule has 1 aromatic heterocycles. The second kappa shape index (κ2) is 5.75. The van der Waals surface area contributed by atoms with Crippen LogP contribution in [0.2, 0.25) is 0 Å². The Bertz CT molecular complexity index is 367. The van der Waals surface area contributed by atoms with Gasteiger partial charge in [0.25, 0.3) is 0 Å². The average Bonchev–Trinajstić information content (AvgIpc) is 2.65. The molecule has 0 aliphatic heterocycles. The summed E-state index contributed by atoms with van der Waals surface area (Å²) in [4.78, 5) is 2.85. The molecule has 1 saturated carbocycles. The molecule has 2 rings (SSSR count). The average molecular weight is 265 g/mol. The Kier molecular flexibility index (Phi) is 4.50. The van der Waals surface area contributed by atoms with Crippen molar-refractivity contribution < 1.29 is 0 Å². The van der Waals surface area contributed by atoms with Crippen molar-refractivity contribution in [3.05, 3.63) is 21.9 Å². The highest BCUT2D eigenvalue weighted by Crippen LogP contribution is 2.37. The van der Waals surface area contributed by atoms with Crippen LogP contribution in [-0.4, -0.2) is 0 Å². The molecule has 1 heterocycles. The molecule has 1 nitrogen and oxygen atoms in total. The van der Waals surface area contributed by atoms with Crippen molar-refractivity contribution in [1.82, 2.24) is 0 Å². The van der Waals surface area contributed by atoms with Crippen LogP contribution < -0.4 is 5.73 Å². The molecule has 2 heteroatoms. The van der Waals surface area contributed by atoms with Crippen LogP contribution in [0.15, 0.2) is 12.1 Å². The maximum absolute atomic E-state index is 6.51. The lowest BCUT2D eigenvalue weighted by Gasteiger charge is -2.21. The fourth-order valence-corrected chi connectivity index (χ4v) is 4.00. The first-order valence-corrected chi connectivity index (χ1v) is 8.16. The van der Waals surface area contributed by atoms with Gasteiger partial charge in [-0.1, -0.05) is 46.5 Å². The number of rotatable bonds is 2. The lowest BCUT2D eigenvalue weighted by molar-refractivity contribution is 0.386. The number of thiophene rings is 1. The summed E-state index contributed by atoms with van der Waals surface area (Å²) in [6.45, 7) is 6.83. The second-order valence-electron chi connectivity index (χ2n) is 6.73. The monoisotopic (exact) mass is 265 g/mol. The standard InChI is InChI=1S/C16H27NS/c1-16(2,3)14-11-10-13(18-14)15(17)12-8-6-4-5-7-9-12/h10-12,15H,4-9,17H2,1-3H3. The van der Waals surface area contributed by atoms with Gasteiger partial charge in [-0.15, -0.1) is 11.3 Å². The molecule has 2 N–H and O–H groups in total. The van der Waals surface area contributed by atoms with E-state index >= 15 is 0 Å². The van der Waals surface area contributed by atoms with Gasteiger partial charge in [0.2, 0.25) is 0 Å². The van der Waals surface area contributed by atoms with E-state index in [9.17, 15) is 0 Å². The van der Waals surface area contributed by atoms with Crippen molar-refractivity contribution in [3.8, 4) is 0 Å². The van der Waals surface area contributed by atoms with Crippen molar-refractivity contribution in [1.29, 1.82) is 0 Å². The number of nitrogens with two attached hydrogens (primary N) is 1. The zero-order valence-electron chi connectivity index (χ0n) is 12.0. The lowest BCUT2D eigenvalue weighted by atomic mass is 9.91. The molecule has 18 heavy (non-hydrogen) atoms. The van der Waals surface area contributed by atoms with Gasteiger partial charge >= 0.3 is 0 Å². The van der Waals surface area contributed by atoms with Gasteiger partial charge in [0.1, 0.15) is 0 Å². The quantitative estimate of drug-likeness (QED) is 0.747. The van der Waals surface area contributed by atoms with E-state index in [4.69, 9.17) is 5.73 Å². The normalized spacial score (nSPS) is 20.7. The molecule has 1 atom stereocenters. The zero-order chi connectivity index (χ0) is 13.2. The molecule has 0 radical (unpaired) electrons. The minimum absolute atomic E-state index is 0.256. The Morgan fingerprint density at radius 1 is 1.11 bits per heavy atom. The van der Waals surface area contributed by atoms with Crippen LogP contribution in [0.3, 0.4) is 0 Å². The SMILES string of the molecule is CC(C)(C)c1ccc(C(N)C2CCCCCC2)s1. The molecular formula is C16H27NS. The van der Waals surface area contributed by atoms with E-state index in [1.165, 1.54) is 48.3 Å². The Hall–Kier alpha value is -0.340. The summed E-state index contributed by atoms with van der Waals surface area (Å²) in [7, 11) is 0. The fourth-order valence-electron chi connectivity index (χ4n) is 2.84. The maximum Gasteiger partial charge on any atom is 0.0418 e. The van der Waals surface area contributed by atoms with Crippen molar-refractivity contribution in [3.63, 3.8) is 0 Å². The van der Waals surface area contributed by atoms with Gasteiger partial charge in [-0.2, -0.15) is 0 Å². The van der Waals surface area contributed by atoms with Crippen LogP contribution in [0.4, 0.5) is 0 Å². The molecule has 1 aliphatic carbocycles. The van der Waals surface area contributed by atoms with Gasteiger partial charge in [-0.05, 0) is 36.3 Å². The largest absolute Gasteiger partial charge is 0.323 e. The molecule has 1 aromatic rings. The first kappa shape index (κ1) is 14.1. The summed E-state index contributed by atoms with van der Waals surface area (Å²) in [6, 6.07) is 4.81. The Labute approximate surface area is 116 Å². The summed E-state index contributed by atoms with van der Waals surface area (Å²) in [5.41, 5.74) is 6.76. The fraction of sp³-hybridized carbons (Fsp3) is 0.750. The highest BCUT2D eigenvalue weighted by atomic mass is 32.1. The van der Waals surface area contributed by atoms with Crippen LogP contribution in [0, 0.1) is 5.92 Å². The highest BCUT2D eigenvalue weighted by molar-refractivity contribution is 7.12. The summed E-state index contributed by atoms with van der Waals surface area (Å²) in [5.74, 6) is 0.707. The van der Waals surface area contributed by atoms with Crippen molar-refractivity contribution in [2.75, 3.05) is 0 Å². The topological polar surface area (TPSA) is 26.0 Å². The first-order chi connectivity index (χ1) is 8.48.